The van der Waals surface area contributed by atoms with Crippen molar-refractivity contribution < 1.29 is 4.74 Å². The smallest absolute Gasteiger partial charge is 0.108 e. The van der Waals surface area contributed by atoms with E-state index in [2.05, 4.69) is 113 Å². The van der Waals surface area contributed by atoms with Crippen LogP contribution in [0.5, 0.6) is 0 Å². The van der Waals surface area contributed by atoms with Crippen molar-refractivity contribution in [2.75, 3.05) is 39.3 Å². The van der Waals surface area contributed by atoms with Crippen LogP contribution in [-0.2, 0) is 11.2 Å². The largest absolute Gasteiger partial charge is 0.375 e. The van der Waals surface area contributed by atoms with Crippen molar-refractivity contribution in [1.82, 2.24) is 9.80 Å². The molecule has 1 saturated heterocycles. The third-order valence-corrected chi connectivity index (χ3v) is 5.82. The third kappa shape index (κ3) is 6.55. The second kappa shape index (κ2) is 11.5. The second-order valence-corrected chi connectivity index (χ2v) is 8.02. The standard InChI is InChI=1S/C28H32N2O/c1-4-11-25(12-5-1)13-10-18-29-19-21-30(22-20-29)23-24-31-28(26-14-6-2-7-15-26)27-16-8-3-9-17-27/h1-12,14-18,28H,13,19-24H2/b18-10+. The Hall–Kier alpha value is -2.88. The predicted molar refractivity (Wildman–Crippen MR) is 128 cm³/mol. The summed E-state index contributed by atoms with van der Waals surface area (Å²) in [6.45, 7) is 6.02. The van der Waals surface area contributed by atoms with E-state index in [-0.39, 0.29) is 6.10 Å². The van der Waals surface area contributed by atoms with Gasteiger partial charge in [-0.25, -0.2) is 0 Å². The molecular weight excluding hydrogens is 380 g/mol. The van der Waals surface area contributed by atoms with Gasteiger partial charge in [0.05, 0.1) is 6.61 Å². The van der Waals surface area contributed by atoms with Gasteiger partial charge in [-0.05, 0) is 29.3 Å². The van der Waals surface area contributed by atoms with Gasteiger partial charge >= 0.3 is 0 Å². The Kier molecular flexibility index (Phi) is 7.92. The first-order valence-corrected chi connectivity index (χ1v) is 11.3. The zero-order valence-corrected chi connectivity index (χ0v) is 18.1. The maximum absolute atomic E-state index is 6.39. The first kappa shape index (κ1) is 21.4. The van der Waals surface area contributed by atoms with Crippen LogP contribution in [0.25, 0.3) is 0 Å². The van der Waals surface area contributed by atoms with E-state index >= 15 is 0 Å². The highest BCUT2D eigenvalue weighted by atomic mass is 16.5. The first-order valence-electron chi connectivity index (χ1n) is 11.3. The number of piperazine rings is 1. The van der Waals surface area contributed by atoms with Crippen LogP contribution in [0.2, 0.25) is 0 Å². The highest BCUT2D eigenvalue weighted by Gasteiger charge is 2.17. The van der Waals surface area contributed by atoms with Gasteiger partial charge in [0.15, 0.2) is 0 Å². The average Bonchev–Trinajstić information content (AvgIpc) is 2.85. The van der Waals surface area contributed by atoms with Crippen molar-refractivity contribution in [2.45, 2.75) is 12.5 Å². The monoisotopic (exact) mass is 412 g/mol. The van der Waals surface area contributed by atoms with Crippen LogP contribution >= 0.6 is 0 Å². The molecule has 0 aromatic heterocycles. The van der Waals surface area contributed by atoms with E-state index in [4.69, 9.17) is 4.74 Å². The highest BCUT2D eigenvalue weighted by molar-refractivity contribution is 5.29. The van der Waals surface area contributed by atoms with Crippen molar-refractivity contribution in [3.05, 3.63) is 120 Å². The Morgan fingerprint density at radius 3 is 1.84 bits per heavy atom. The van der Waals surface area contributed by atoms with Gasteiger partial charge in [-0.2, -0.15) is 0 Å². The molecule has 31 heavy (non-hydrogen) atoms. The summed E-state index contributed by atoms with van der Waals surface area (Å²) in [6.07, 6.45) is 5.53. The minimum Gasteiger partial charge on any atom is -0.375 e. The molecule has 0 bridgehead atoms. The molecule has 4 rings (SSSR count). The molecule has 0 saturated carbocycles. The van der Waals surface area contributed by atoms with E-state index in [1.165, 1.54) is 16.7 Å². The molecule has 1 fully saturated rings. The summed E-state index contributed by atoms with van der Waals surface area (Å²) in [5, 5.41) is 0. The van der Waals surface area contributed by atoms with E-state index in [9.17, 15) is 0 Å². The molecule has 1 heterocycles. The van der Waals surface area contributed by atoms with Crippen molar-refractivity contribution in [3.8, 4) is 0 Å². The highest BCUT2D eigenvalue weighted by Crippen LogP contribution is 2.25. The van der Waals surface area contributed by atoms with Gasteiger partial charge in [-0.15, -0.1) is 0 Å². The van der Waals surface area contributed by atoms with Crippen LogP contribution in [0.15, 0.2) is 103 Å². The number of rotatable bonds is 9. The summed E-state index contributed by atoms with van der Waals surface area (Å²) in [7, 11) is 0. The molecule has 0 aliphatic carbocycles. The second-order valence-electron chi connectivity index (χ2n) is 8.02. The summed E-state index contributed by atoms with van der Waals surface area (Å²) in [6, 6.07) is 31.7. The van der Waals surface area contributed by atoms with E-state index in [1.54, 1.807) is 0 Å². The van der Waals surface area contributed by atoms with Gasteiger partial charge in [0.1, 0.15) is 6.10 Å². The molecule has 0 N–H and O–H groups in total. The van der Waals surface area contributed by atoms with Crippen LogP contribution in [0.1, 0.15) is 22.8 Å². The van der Waals surface area contributed by atoms with Gasteiger partial charge in [0, 0.05) is 32.7 Å². The summed E-state index contributed by atoms with van der Waals surface area (Å²) >= 11 is 0. The molecule has 1 aliphatic heterocycles. The van der Waals surface area contributed by atoms with Crippen LogP contribution in [0.3, 0.4) is 0 Å². The van der Waals surface area contributed by atoms with Crippen LogP contribution in [-0.4, -0.2) is 49.1 Å². The molecule has 3 heteroatoms. The fourth-order valence-corrected chi connectivity index (χ4v) is 4.03. The normalized spacial score (nSPS) is 15.1. The maximum atomic E-state index is 6.39. The summed E-state index contributed by atoms with van der Waals surface area (Å²) in [4.78, 5) is 4.94. The van der Waals surface area contributed by atoms with E-state index in [0.717, 1.165) is 45.8 Å². The van der Waals surface area contributed by atoms with E-state index in [0.29, 0.717) is 0 Å². The lowest BCUT2D eigenvalue weighted by Gasteiger charge is -2.34. The van der Waals surface area contributed by atoms with E-state index < -0.39 is 0 Å². The molecule has 0 spiro atoms. The van der Waals surface area contributed by atoms with Crippen molar-refractivity contribution in [1.29, 1.82) is 0 Å². The Labute approximate surface area is 186 Å². The molecule has 0 unspecified atom stereocenters. The summed E-state index contributed by atoms with van der Waals surface area (Å²) < 4.78 is 6.39. The number of benzene rings is 3. The van der Waals surface area contributed by atoms with Gasteiger partial charge in [-0.3, -0.25) is 4.90 Å². The lowest BCUT2D eigenvalue weighted by Crippen LogP contribution is -2.45. The Bertz CT molecular complexity index is 864. The van der Waals surface area contributed by atoms with Crippen LogP contribution in [0.4, 0.5) is 0 Å². The minimum absolute atomic E-state index is 0.00962. The molecule has 0 amide bonds. The summed E-state index contributed by atoms with van der Waals surface area (Å²) in [5.41, 5.74) is 3.78. The number of hydrogen-bond donors (Lipinski definition) is 0. The van der Waals surface area contributed by atoms with E-state index in [1.807, 2.05) is 0 Å². The van der Waals surface area contributed by atoms with Crippen molar-refractivity contribution in [3.63, 3.8) is 0 Å². The zero-order valence-electron chi connectivity index (χ0n) is 18.1. The number of hydrogen-bond acceptors (Lipinski definition) is 3. The Balaban J connectivity index is 1.22. The molecule has 160 valence electrons. The first-order chi connectivity index (χ1) is 15.4. The van der Waals surface area contributed by atoms with Gasteiger partial charge in [-0.1, -0.05) is 97.1 Å². The zero-order chi connectivity index (χ0) is 21.1. The Morgan fingerprint density at radius 1 is 0.710 bits per heavy atom. The lowest BCUT2D eigenvalue weighted by atomic mass is 10.0. The third-order valence-electron chi connectivity index (χ3n) is 5.82. The van der Waals surface area contributed by atoms with Crippen LogP contribution < -0.4 is 0 Å². The minimum atomic E-state index is -0.00962. The number of allylic oxidation sites excluding steroid dienone is 1. The Morgan fingerprint density at radius 2 is 1.26 bits per heavy atom. The molecule has 0 atom stereocenters. The van der Waals surface area contributed by atoms with Crippen molar-refractivity contribution >= 4 is 0 Å². The van der Waals surface area contributed by atoms with Gasteiger partial charge in [0.25, 0.3) is 0 Å². The molecule has 0 radical (unpaired) electrons. The molecule has 3 aromatic carbocycles. The van der Waals surface area contributed by atoms with Gasteiger partial charge < -0.3 is 9.64 Å². The predicted octanol–water partition coefficient (Wildman–Crippen LogP) is 5.17. The topological polar surface area (TPSA) is 15.7 Å². The fourth-order valence-electron chi connectivity index (χ4n) is 4.03. The fraction of sp³-hybridized carbons (Fsp3) is 0.286. The molecule has 3 nitrogen and oxygen atoms in total. The number of ether oxygens (including phenoxy) is 1. The van der Waals surface area contributed by atoms with Crippen molar-refractivity contribution in [2.24, 2.45) is 0 Å². The molecule has 1 aliphatic rings. The SMILES string of the molecule is C(=C\N1CCN(CCOC(c2ccccc2)c2ccccc2)CC1)/Cc1ccccc1. The quantitative estimate of drug-likeness (QED) is 0.482. The lowest BCUT2D eigenvalue weighted by molar-refractivity contribution is 0.0502. The maximum Gasteiger partial charge on any atom is 0.108 e. The molecule has 3 aromatic rings. The number of nitrogens with zero attached hydrogens (tertiary/aromatic N) is 2. The van der Waals surface area contributed by atoms with Crippen LogP contribution in [0, 0.1) is 0 Å². The molecular formula is C28H32N2O. The average molecular weight is 413 g/mol. The van der Waals surface area contributed by atoms with Gasteiger partial charge in [0.2, 0.25) is 0 Å². The summed E-state index contributed by atoms with van der Waals surface area (Å²) in [5.74, 6) is 0.